The van der Waals surface area contributed by atoms with Crippen molar-refractivity contribution in [3.8, 4) is 5.75 Å². The molecule has 1 aromatic rings. The van der Waals surface area contributed by atoms with Crippen LogP contribution in [0.1, 0.15) is 11.1 Å². The molecule has 0 aromatic heterocycles. The van der Waals surface area contributed by atoms with Crippen molar-refractivity contribution in [2.24, 2.45) is 0 Å². The van der Waals surface area contributed by atoms with Crippen LogP contribution in [0.2, 0.25) is 5.02 Å². The number of carbonyl (C=O) groups is 2. The number of piperazine rings is 1. The van der Waals surface area contributed by atoms with Gasteiger partial charge in [0.25, 0.3) is 5.91 Å². The Balaban J connectivity index is 1.86. The van der Waals surface area contributed by atoms with E-state index in [0.29, 0.717) is 15.7 Å². The van der Waals surface area contributed by atoms with E-state index < -0.39 is 12.1 Å². The van der Waals surface area contributed by atoms with Crippen LogP contribution >= 0.6 is 11.6 Å². The van der Waals surface area contributed by atoms with E-state index in [0.717, 1.165) is 11.1 Å². The van der Waals surface area contributed by atoms with Crippen LogP contribution in [0.25, 0.3) is 0 Å². The molecule has 0 atom stereocenters. The van der Waals surface area contributed by atoms with Crippen LogP contribution in [-0.2, 0) is 9.59 Å². The predicted octanol–water partition coefficient (Wildman–Crippen LogP) is 2.57. The highest BCUT2D eigenvalue weighted by atomic mass is 35.5. The molecule has 2 rings (SSSR count). The molecule has 0 aliphatic carbocycles. The number of alkyl halides is 3. The zero-order valence-electron chi connectivity index (χ0n) is 13.8. The smallest absolute Gasteiger partial charge is 0.471 e. The lowest BCUT2D eigenvalue weighted by atomic mass is 10.1. The van der Waals surface area contributed by atoms with Crippen molar-refractivity contribution >= 4 is 23.4 Å². The first kappa shape index (κ1) is 19.4. The fourth-order valence-electron chi connectivity index (χ4n) is 2.56. The molecular weight excluding hydrogens is 361 g/mol. The van der Waals surface area contributed by atoms with Gasteiger partial charge in [0.1, 0.15) is 5.75 Å². The summed E-state index contributed by atoms with van der Waals surface area (Å²) in [7, 11) is 0. The average Bonchev–Trinajstić information content (AvgIpc) is 2.56. The van der Waals surface area contributed by atoms with E-state index in [9.17, 15) is 22.8 Å². The second kappa shape index (κ2) is 7.51. The number of benzene rings is 1. The molecule has 2 amide bonds. The van der Waals surface area contributed by atoms with Gasteiger partial charge in [-0.3, -0.25) is 9.59 Å². The minimum Gasteiger partial charge on any atom is -0.484 e. The van der Waals surface area contributed by atoms with E-state index in [4.69, 9.17) is 16.3 Å². The maximum atomic E-state index is 12.4. The van der Waals surface area contributed by atoms with Crippen LogP contribution < -0.4 is 4.74 Å². The van der Waals surface area contributed by atoms with Gasteiger partial charge in [0.05, 0.1) is 0 Å². The lowest BCUT2D eigenvalue weighted by Crippen LogP contribution is -2.54. The van der Waals surface area contributed by atoms with Crippen LogP contribution in [-0.4, -0.2) is 60.6 Å². The number of hydrogen-bond acceptors (Lipinski definition) is 3. The minimum atomic E-state index is -4.89. The van der Waals surface area contributed by atoms with Crippen LogP contribution in [0.4, 0.5) is 13.2 Å². The van der Waals surface area contributed by atoms with Gasteiger partial charge in [0, 0.05) is 31.2 Å². The maximum Gasteiger partial charge on any atom is 0.471 e. The van der Waals surface area contributed by atoms with E-state index in [1.54, 1.807) is 12.1 Å². The quantitative estimate of drug-likeness (QED) is 0.812. The zero-order chi connectivity index (χ0) is 18.8. The van der Waals surface area contributed by atoms with Crippen LogP contribution in [0.15, 0.2) is 12.1 Å². The summed E-state index contributed by atoms with van der Waals surface area (Å²) in [6.45, 7) is 3.20. The van der Waals surface area contributed by atoms with Crippen molar-refractivity contribution in [1.82, 2.24) is 9.80 Å². The molecule has 138 valence electrons. The highest BCUT2D eigenvalue weighted by molar-refractivity contribution is 6.32. The summed E-state index contributed by atoms with van der Waals surface area (Å²) >= 11 is 6.06. The Morgan fingerprint density at radius 3 is 2.04 bits per heavy atom. The number of carbonyl (C=O) groups excluding carboxylic acids is 2. The maximum absolute atomic E-state index is 12.4. The van der Waals surface area contributed by atoms with Gasteiger partial charge in [-0.1, -0.05) is 11.6 Å². The normalized spacial score (nSPS) is 15.3. The lowest BCUT2D eigenvalue weighted by Gasteiger charge is -2.34. The molecule has 0 saturated carbocycles. The van der Waals surface area contributed by atoms with Gasteiger partial charge in [-0.15, -0.1) is 0 Å². The molecule has 0 spiro atoms. The molecule has 1 heterocycles. The third-order valence-electron chi connectivity index (χ3n) is 3.93. The van der Waals surface area contributed by atoms with Crippen molar-refractivity contribution in [3.05, 3.63) is 28.3 Å². The molecule has 0 N–H and O–H groups in total. The predicted molar refractivity (Wildman–Crippen MR) is 85.6 cm³/mol. The SMILES string of the molecule is Cc1cc(OCC(=O)N2CCN(C(=O)C(F)(F)F)CC2)cc(C)c1Cl. The van der Waals surface area contributed by atoms with Crippen LogP contribution in [0.3, 0.4) is 0 Å². The Labute approximate surface area is 148 Å². The highest BCUT2D eigenvalue weighted by Crippen LogP contribution is 2.26. The summed E-state index contributed by atoms with van der Waals surface area (Å²) in [6, 6.07) is 3.42. The Bertz CT molecular complexity index is 648. The summed E-state index contributed by atoms with van der Waals surface area (Å²) < 4.78 is 42.6. The fourth-order valence-corrected chi connectivity index (χ4v) is 2.67. The van der Waals surface area contributed by atoms with Crippen molar-refractivity contribution in [2.75, 3.05) is 32.8 Å². The molecule has 0 bridgehead atoms. The first-order chi connectivity index (χ1) is 11.6. The molecule has 1 fully saturated rings. The molecule has 0 radical (unpaired) electrons. The number of ether oxygens (including phenoxy) is 1. The van der Waals surface area contributed by atoms with E-state index >= 15 is 0 Å². The van der Waals surface area contributed by atoms with Crippen LogP contribution in [0.5, 0.6) is 5.75 Å². The Morgan fingerprint density at radius 1 is 1.08 bits per heavy atom. The first-order valence-electron chi connectivity index (χ1n) is 7.63. The van der Waals surface area contributed by atoms with Gasteiger partial charge in [-0.25, -0.2) is 0 Å². The summed E-state index contributed by atoms with van der Waals surface area (Å²) in [6.07, 6.45) is -4.89. The molecule has 1 aliphatic heterocycles. The lowest BCUT2D eigenvalue weighted by molar-refractivity contribution is -0.187. The number of amides is 2. The standard InChI is InChI=1S/C16H18ClF3N2O3/c1-10-7-12(8-11(2)14(10)17)25-9-13(23)21-3-5-22(6-4-21)15(24)16(18,19)20/h7-8H,3-6,9H2,1-2H3. The molecule has 1 aliphatic rings. The molecular formula is C16H18ClF3N2O3. The van der Waals surface area contributed by atoms with Gasteiger partial charge >= 0.3 is 12.1 Å². The molecule has 5 nitrogen and oxygen atoms in total. The van der Waals surface area contributed by atoms with E-state index in [-0.39, 0.29) is 38.7 Å². The third kappa shape index (κ3) is 4.78. The fraction of sp³-hybridized carbons (Fsp3) is 0.500. The molecule has 9 heteroatoms. The third-order valence-corrected chi connectivity index (χ3v) is 4.53. The van der Waals surface area contributed by atoms with Crippen molar-refractivity contribution in [3.63, 3.8) is 0 Å². The second-order valence-corrected chi connectivity index (χ2v) is 6.21. The van der Waals surface area contributed by atoms with E-state index in [1.165, 1.54) is 4.90 Å². The average molecular weight is 379 g/mol. The van der Waals surface area contributed by atoms with Gasteiger partial charge in [0.2, 0.25) is 0 Å². The van der Waals surface area contributed by atoms with Crippen molar-refractivity contribution in [1.29, 1.82) is 0 Å². The molecule has 1 saturated heterocycles. The van der Waals surface area contributed by atoms with E-state index in [1.807, 2.05) is 13.8 Å². The van der Waals surface area contributed by atoms with Gasteiger partial charge in [-0.2, -0.15) is 13.2 Å². The van der Waals surface area contributed by atoms with Crippen molar-refractivity contribution < 1.29 is 27.5 Å². The number of rotatable bonds is 3. The van der Waals surface area contributed by atoms with Gasteiger partial charge in [0.15, 0.2) is 6.61 Å². The number of halogens is 4. The topological polar surface area (TPSA) is 49.9 Å². The van der Waals surface area contributed by atoms with Crippen LogP contribution in [0, 0.1) is 13.8 Å². The minimum absolute atomic E-state index is 0.0443. The molecule has 1 aromatic carbocycles. The zero-order valence-corrected chi connectivity index (χ0v) is 14.6. The Kier molecular flexibility index (Phi) is 5.82. The first-order valence-corrected chi connectivity index (χ1v) is 8.01. The number of hydrogen-bond donors (Lipinski definition) is 0. The summed E-state index contributed by atoms with van der Waals surface area (Å²) in [5, 5.41) is 0.629. The highest BCUT2D eigenvalue weighted by Gasteiger charge is 2.43. The number of aryl methyl sites for hydroxylation is 2. The summed E-state index contributed by atoms with van der Waals surface area (Å²) in [5.74, 6) is -1.72. The number of nitrogens with zero attached hydrogens (tertiary/aromatic N) is 2. The van der Waals surface area contributed by atoms with E-state index in [2.05, 4.69) is 0 Å². The van der Waals surface area contributed by atoms with Crippen molar-refractivity contribution in [2.45, 2.75) is 20.0 Å². The Hall–Kier alpha value is -1.96. The molecule has 0 unspecified atom stereocenters. The molecule has 25 heavy (non-hydrogen) atoms. The Morgan fingerprint density at radius 2 is 1.56 bits per heavy atom. The second-order valence-electron chi connectivity index (χ2n) is 5.83. The van der Waals surface area contributed by atoms with Gasteiger partial charge in [-0.05, 0) is 37.1 Å². The summed E-state index contributed by atoms with van der Waals surface area (Å²) in [4.78, 5) is 25.4. The monoisotopic (exact) mass is 378 g/mol. The van der Waals surface area contributed by atoms with Gasteiger partial charge < -0.3 is 14.5 Å². The summed E-state index contributed by atoms with van der Waals surface area (Å²) in [5.41, 5.74) is 1.65. The largest absolute Gasteiger partial charge is 0.484 e.